The molecular formula is C9H17NO2S. The van der Waals surface area contributed by atoms with Crippen LogP contribution in [0.2, 0.25) is 0 Å². The zero-order valence-electron chi connectivity index (χ0n) is 8.01. The van der Waals surface area contributed by atoms with Crippen LogP contribution in [0.1, 0.15) is 26.2 Å². The van der Waals surface area contributed by atoms with Crippen LogP contribution in [0.4, 0.5) is 0 Å². The normalized spacial score (nSPS) is 28.5. The molecule has 13 heavy (non-hydrogen) atoms. The van der Waals surface area contributed by atoms with Crippen LogP contribution in [0.15, 0.2) is 0 Å². The van der Waals surface area contributed by atoms with Crippen molar-refractivity contribution in [2.24, 2.45) is 0 Å². The Bertz CT molecular complexity index is 178. The number of carbonyl (C=O) groups excluding carboxylic acids is 1. The standard InChI is InChI=1S/C9H17NO2S/c1-2-9(12-8(11)6-13)4-3-5-10-7-9/h10,13H,2-7H2,1H3. The van der Waals surface area contributed by atoms with Crippen LogP contribution in [-0.4, -0.2) is 30.4 Å². The first-order chi connectivity index (χ1) is 6.22. The summed E-state index contributed by atoms with van der Waals surface area (Å²) in [6.07, 6.45) is 2.92. The van der Waals surface area contributed by atoms with Crippen LogP contribution >= 0.6 is 12.6 Å². The van der Waals surface area contributed by atoms with Gasteiger partial charge in [-0.15, -0.1) is 0 Å². The van der Waals surface area contributed by atoms with Crippen LogP contribution in [0.25, 0.3) is 0 Å². The van der Waals surface area contributed by atoms with Crippen LogP contribution < -0.4 is 5.32 Å². The third-order valence-corrected chi connectivity index (χ3v) is 2.80. The van der Waals surface area contributed by atoms with Crippen LogP contribution in [0.3, 0.4) is 0 Å². The second-order valence-electron chi connectivity index (χ2n) is 3.45. The van der Waals surface area contributed by atoms with Gasteiger partial charge in [-0.3, -0.25) is 4.79 Å². The van der Waals surface area contributed by atoms with Crippen molar-refractivity contribution in [3.8, 4) is 0 Å². The molecule has 1 aliphatic rings. The molecule has 0 saturated carbocycles. The lowest BCUT2D eigenvalue weighted by atomic mass is 9.91. The second-order valence-corrected chi connectivity index (χ2v) is 3.77. The predicted octanol–water partition coefficient (Wildman–Crippen LogP) is 0.992. The molecule has 0 aromatic rings. The maximum absolute atomic E-state index is 11.1. The van der Waals surface area contributed by atoms with Gasteiger partial charge in [-0.1, -0.05) is 6.92 Å². The number of esters is 1. The molecule has 1 aliphatic heterocycles. The maximum Gasteiger partial charge on any atom is 0.316 e. The highest BCUT2D eigenvalue weighted by molar-refractivity contribution is 7.81. The quantitative estimate of drug-likeness (QED) is 0.531. The van der Waals surface area contributed by atoms with E-state index in [1.54, 1.807) is 0 Å². The topological polar surface area (TPSA) is 38.3 Å². The Balaban J connectivity index is 2.52. The first kappa shape index (κ1) is 10.9. The van der Waals surface area contributed by atoms with E-state index in [4.69, 9.17) is 4.74 Å². The molecule has 0 amide bonds. The van der Waals surface area contributed by atoms with Gasteiger partial charge in [-0.25, -0.2) is 0 Å². The van der Waals surface area contributed by atoms with Crippen molar-refractivity contribution in [3.05, 3.63) is 0 Å². The van der Waals surface area contributed by atoms with Gasteiger partial charge < -0.3 is 10.1 Å². The van der Waals surface area contributed by atoms with E-state index >= 15 is 0 Å². The summed E-state index contributed by atoms with van der Waals surface area (Å²) in [5.74, 6) is -0.0456. The Kier molecular flexibility index (Phi) is 4.06. The van der Waals surface area contributed by atoms with Crippen molar-refractivity contribution in [2.45, 2.75) is 31.8 Å². The van der Waals surface area contributed by atoms with Gasteiger partial charge in [0.15, 0.2) is 0 Å². The van der Waals surface area contributed by atoms with Gasteiger partial charge >= 0.3 is 5.97 Å². The Labute approximate surface area is 84.6 Å². The fourth-order valence-electron chi connectivity index (χ4n) is 1.67. The first-order valence-electron chi connectivity index (χ1n) is 4.76. The van der Waals surface area contributed by atoms with Gasteiger partial charge in [0.25, 0.3) is 0 Å². The van der Waals surface area contributed by atoms with Crippen molar-refractivity contribution in [1.82, 2.24) is 5.32 Å². The molecule has 1 heterocycles. The van der Waals surface area contributed by atoms with E-state index in [0.717, 1.165) is 32.4 Å². The second kappa shape index (κ2) is 4.86. The van der Waals surface area contributed by atoms with Gasteiger partial charge in [0.05, 0.1) is 5.75 Å². The monoisotopic (exact) mass is 203 g/mol. The zero-order chi connectivity index (χ0) is 9.73. The predicted molar refractivity (Wildman–Crippen MR) is 55.1 cm³/mol. The molecule has 0 radical (unpaired) electrons. The number of hydrogen-bond donors (Lipinski definition) is 2. The Morgan fingerprint density at radius 2 is 2.46 bits per heavy atom. The van der Waals surface area contributed by atoms with E-state index in [9.17, 15) is 4.79 Å². The summed E-state index contributed by atoms with van der Waals surface area (Å²) in [7, 11) is 0. The molecule has 4 heteroatoms. The smallest absolute Gasteiger partial charge is 0.316 e. The van der Waals surface area contributed by atoms with Gasteiger partial charge in [-0.05, 0) is 25.8 Å². The zero-order valence-corrected chi connectivity index (χ0v) is 8.90. The third kappa shape index (κ3) is 2.88. The summed E-state index contributed by atoms with van der Waals surface area (Å²) >= 11 is 3.90. The lowest BCUT2D eigenvalue weighted by molar-refractivity contribution is -0.158. The molecule has 1 unspecified atom stereocenters. The minimum atomic E-state index is -0.266. The van der Waals surface area contributed by atoms with Crippen LogP contribution in [0.5, 0.6) is 0 Å². The third-order valence-electron chi connectivity index (χ3n) is 2.54. The number of hydrogen-bond acceptors (Lipinski definition) is 4. The number of piperidine rings is 1. The van der Waals surface area contributed by atoms with Gasteiger partial charge in [0, 0.05) is 6.54 Å². The largest absolute Gasteiger partial charge is 0.457 e. The van der Waals surface area contributed by atoms with Crippen molar-refractivity contribution < 1.29 is 9.53 Å². The highest BCUT2D eigenvalue weighted by Gasteiger charge is 2.33. The number of thiol groups is 1. The Morgan fingerprint density at radius 3 is 2.92 bits per heavy atom. The molecule has 1 N–H and O–H groups in total. The highest BCUT2D eigenvalue weighted by Crippen LogP contribution is 2.24. The number of ether oxygens (including phenoxy) is 1. The van der Waals surface area contributed by atoms with Gasteiger partial charge in [0.2, 0.25) is 0 Å². The van der Waals surface area contributed by atoms with E-state index in [-0.39, 0.29) is 17.3 Å². The fraction of sp³-hybridized carbons (Fsp3) is 0.889. The van der Waals surface area contributed by atoms with Crippen LogP contribution in [0, 0.1) is 0 Å². The van der Waals surface area contributed by atoms with E-state index < -0.39 is 0 Å². The molecule has 76 valence electrons. The number of nitrogens with one attached hydrogen (secondary N) is 1. The van der Waals surface area contributed by atoms with Crippen molar-refractivity contribution in [2.75, 3.05) is 18.8 Å². The minimum absolute atomic E-state index is 0.168. The van der Waals surface area contributed by atoms with Crippen molar-refractivity contribution >= 4 is 18.6 Å². The summed E-state index contributed by atoms with van der Waals surface area (Å²) in [6.45, 7) is 3.86. The summed E-state index contributed by atoms with van der Waals surface area (Å²) in [4.78, 5) is 11.1. The van der Waals surface area contributed by atoms with Gasteiger partial charge in [0.1, 0.15) is 5.60 Å². The fourth-order valence-corrected chi connectivity index (χ4v) is 1.74. The van der Waals surface area contributed by atoms with Crippen LogP contribution in [-0.2, 0) is 9.53 Å². The molecule has 0 aliphatic carbocycles. The molecule has 1 atom stereocenters. The van der Waals surface area contributed by atoms with Gasteiger partial charge in [-0.2, -0.15) is 12.6 Å². The molecule has 0 aromatic heterocycles. The first-order valence-corrected chi connectivity index (χ1v) is 5.39. The van der Waals surface area contributed by atoms with E-state index in [0.29, 0.717) is 0 Å². The van der Waals surface area contributed by atoms with E-state index in [1.807, 2.05) is 0 Å². The molecule has 1 fully saturated rings. The molecule has 0 spiro atoms. The highest BCUT2D eigenvalue weighted by atomic mass is 32.1. The molecule has 0 bridgehead atoms. The lowest BCUT2D eigenvalue weighted by Gasteiger charge is -2.36. The minimum Gasteiger partial charge on any atom is -0.457 e. The molecule has 1 saturated heterocycles. The summed E-state index contributed by atoms with van der Waals surface area (Å²) < 4.78 is 5.40. The SMILES string of the molecule is CCC1(OC(=O)CS)CCCNC1. The summed E-state index contributed by atoms with van der Waals surface area (Å²) in [5, 5.41) is 3.25. The summed E-state index contributed by atoms with van der Waals surface area (Å²) in [6, 6.07) is 0. The maximum atomic E-state index is 11.1. The van der Waals surface area contributed by atoms with E-state index in [1.165, 1.54) is 0 Å². The molecule has 1 rings (SSSR count). The molecule has 0 aromatic carbocycles. The average Bonchev–Trinajstić information content (AvgIpc) is 2.19. The molecular weight excluding hydrogens is 186 g/mol. The van der Waals surface area contributed by atoms with E-state index in [2.05, 4.69) is 24.9 Å². The average molecular weight is 203 g/mol. The Morgan fingerprint density at radius 1 is 1.69 bits per heavy atom. The Hall–Kier alpha value is -0.220. The number of carbonyl (C=O) groups is 1. The number of rotatable bonds is 3. The van der Waals surface area contributed by atoms with Crippen molar-refractivity contribution in [3.63, 3.8) is 0 Å². The molecule has 3 nitrogen and oxygen atoms in total. The van der Waals surface area contributed by atoms with Crippen molar-refractivity contribution in [1.29, 1.82) is 0 Å². The summed E-state index contributed by atoms with van der Waals surface area (Å²) in [5.41, 5.74) is -0.266. The lowest BCUT2D eigenvalue weighted by Crippen LogP contribution is -2.48.